The lowest BCUT2D eigenvalue weighted by Crippen LogP contribution is -2.23. The first-order valence-electron chi connectivity index (χ1n) is 2.78. The van der Waals surface area contributed by atoms with E-state index in [1.807, 2.05) is 0 Å². The van der Waals surface area contributed by atoms with Crippen LogP contribution in [0.2, 0.25) is 0 Å². The summed E-state index contributed by atoms with van der Waals surface area (Å²) >= 11 is 0. The molecule has 3 nitrogen and oxygen atoms in total. The zero-order valence-corrected chi connectivity index (χ0v) is 4.96. The van der Waals surface area contributed by atoms with E-state index in [2.05, 4.69) is 11.8 Å². The molecule has 1 saturated heterocycles. The first-order chi connectivity index (χ1) is 3.84. The molecule has 0 saturated carbocycles. The van der Waals surface area contributed by atoms with Gasteiger partial charge in [-0.15, -0.1) is 0 Å². The van der Waals surface area contributed by atoms with Crippen molar-refractivity contribution in [2.75, 3.05) is 13.2 Å². The topological polar surface area (TPSA) is 44.5 Å². The van der Waals surface area contributed by atoms with Crippen LogP contribution in [0, 0.1) is 5.92 Å². The third-order valence-electron chi connectivity index (χ3n) is 1.47. The molecule has 0 spiro atoms. The fraction of sp³-hybridized carbons (Fsp3) is 1.00. The van der Waals surface area contributed by atoms with E-state index in [-0.39, 0.29) is 6.10 Å². The van der Waals surface area contributed by atoms with Gasteiger partial charge in [-0.05, 0) is 0 Å². The molecule has 0 aliphatic carbocycles. The molecule has 1 aliphatic heterocycles. The van der Waals surface area contributed by atoms with Crippen molar-refractivity contribution in [2.45, 2.75) is 13.0 Å². The Kier molecular flexibility index (Phi) is 1.83. The molecule has 2 atom stereocenters. The van der Waals surface area contributed by atoms with Crippen LogP contribution in [0.3, 0.4) is 0 Å². The lowest BCUT2D eigenvalue weighted by atomic mass is 10.1. The standard InChI is InChI=1S/C5H11NO2/c1-4-2-7-3-5(4)8-6/h4-5H,2-3,6H2,1H3. The van der Waals surface area contributed by atoms with Gasteiger partial charge in [-0.2, -0.15) is 0 Å². The monoisotopic (exact) mass is 117 g/mol. The minimum Gasteiger partial charge on any atom is -0.378 e. The average molecular weight is 117 g/mol. The predicted octanol–water partition coefficient (Wildman–Crippen LogP) is -0.0884. The highest BCUT2D eigenvalue weighted by Gasteiger charge is 2.23. The van der Waals surface area contributed by atoms with Gasteiger partial charge in [0.2, 0.25) is 0 Å². The van der Waals surface area contributed by atoms with E-state index in [1.54, 1.807) is 0 Å². The van der Waals surface area contributed by atoms with Crippen LogP contribution >= 0.6 is 0 Å². The Hall–Kier alpha value is -0.120. The van der Waals surface area contributed by atoms with Gasteiger partial charge < -0.3 is 4.74 Å². The minimum atomic E-state index is 0.120. The zero-order chi connectivity index (χ0) is 5.98. The van der Waals surface area contributed by atoms with Crippen molar-refractivity contribution in [1.82, 2.24) is 0 Å². The first kappa shape index (κ1) is 6.01. The highest BCUT2D eigenvalue weighted by atomic mass is 16.6. The molecule has 0 aromatic rings. The highest BCUT2D eigenvalue weighted by Crippen LogP contribution is 2.13. The van der Waals surface area contributed by atoms with Gasteiger partial charge in [-0.25, -0.2) is 5.90 Å². The maximum atomic E-state index is 5.06. The van der Waals surface area contributed by atoms with Gasteiger partial charge in [-0.3, -0.25) is 4.84 Å². The van der Waals surface area contributed by atoms with Crippen molar-refractivity contribution in [3.8, 4) is 0 Å². The molecule has 0 aromatic heterocycles. The van der Waals surface area contributed by atoms with Crippen molar-refractivity contribution >= 4 is 0 Å². The van der Waals surface area contributed by atoms with Crippen LogP contribution < -0.4 is 5.90 Å². The number of rotatable bonds is 1. The molecule has 1 fully saturated rings. The fourth-order valence-electron chi connectivity index (χ4n) is 0.815. The Labute approximate surface area is 48.7 Å². The molecule has 48 valence electrons. The summed E-state index contributed by atoms with van der Waals surface area (Å²) < 4.78 is 5.06. The Morgan fingerprint density at radius 1 is 1.62 bits per heavy atom. The minimum absolute atomic E-state index is 0.120. The predicted molar refractivity (Wildman–Crippen MR) is 29.0 cm³/mol. The maximum Gasteiger partial charge on any atom is 0.107 e. The van der Waals surface area contributed by atoms with Crippen LogP contribution in [-0.4, -0.2) is 19.3 Å². The summed E-state index contributed by atoms with van der Waals surface area (Å²) in [7, 11) is 0. The van der Waals surface area contributed by atoms with Gasteiger partial charge in [0.1, 0.15) is 6.10 Å². The summed E-state index contributed by atoms with van der Waals surface area (Å²) in [4.78, 5) is 4.60. The summed E-state index contributed by atoms with van der Waals surface area (Å²) in [6, 6.07) is 0. The molecule has 8 heavy (non-hydrogen) atoms. The van der Waals surface area contributed by atoms with Crippen LogP contribution in [0.15, 0.2) is 0 Å². The Morgan fingerprint density at radius 2 is 2.38 bits per heavy atom. The molecule has 0 radical (unpaired) electrons. The largest absolute Gasteiger partial charge is 0.378 e. The second-order valence-electron chi connectivity index (χ2n) is 2.19. The second-order valence-corrected chi connectivity index (χ2v) is 2.19. The zero-order valence-electron chi connectivity index (χ0n) is 4.96. The van der Waals surface area contributed by atoms with E-state index in [1.165, 1.54) is 0 Å². The Bertz CT molecular complexity index is 76.8. The Balaban J connectivity index is 2.30. The van der Waals surface area contributed by atoms with E-state index < -0.39 is 0 Å². The second kappa shape index (κ2) is 2.44. The van der Waals surface area contributed by atoms with Crippen LogP contribution in [-0.2, 0) is 9.57 Å². The fourth-order valence-corrected chi connectivity index (χ4v) is 0.815. The molecule has 0 aromatic carbocycles. The van der Waals surface area contributed by atoms with Crippen LogP contribution in [0.25, 0.3) is 0 Å². The van der Waals surface area contributed by atoms with Crippen LogP contribution in [0.4, 0.5) is 0 Å². The van der Waals surface area contributed by atoms with Gasteiger partial charge >= 0.3 is 0 Å². The molecule has 3 heteroatoms. The summed E-state index contributed by atoms with van der Waals surface area (Å²) in [5.41, 5.74) is 0. The molecular formula is C5H11NO2. The molecular weight excluding hydrogens is 106 g/mol. The number of hydrogen-bond donors (Lipinski definition) is 1. The SMILES string of the molecule is CC1COCC1ON. The van der Waals surface area contributed by atoms with Gasteiger partial charge in [0.15, 0.2) is 0 Å². The smallest absolute Gasteiger partial charge is 0.107 e. The third-order valence-corrected chi connectivity index (χ3v) is 1.47. The summed E-state index contributed by atoms with van der Waals surface area (Å²) in [5, 5.41) is 0. The lowest BCUT2D eigenvalue weighted by Gasteiger charge is -2.07. The van der Waals surface area contributed by atoms with E-state index in [4.69, 9.17) is 10.6 Å². The highest BCUT2D eigenvalue weighted by molar-refractivity contribution is 4.70. The first-order valence-corrected chi connectivity index (χ1v) is 2.78. The van der Waals surface area contributed by atoms with Crippen molar-refractivity contribution < 1.29 is 9.57 Å². The molecule has 2 N–H and O–H groups in total. The van der Waals surface area contributed by atoms with Crippen LogP contribution in [0.1, 0.15) is 6.92 Å². The van der Waals surface area contributed by atoms with Crippen molar-refractivity contribution in [2.24, 2.45) is 11.8 Å². The van der Waals surface area contributed by atoms with E-state index in [0.717, 1.165) is 6.61 Å². The van der Waals surface area contributed by atoms with E-state index in [9.17, 15) is 0 Å². The quantitative estimate of drug-likeness (QED) is 0.488. The number of nitrogens with two attached hydrogens (primary N) is 1. The van der Waals surface area contributed by atoms with Gasteiger partial charge in [0, 0.05) is 5.92 Å². The van der Waals surface area contributed by atoms with Crippen molar-refractivity contribution in [3.63, 3.8) is 0 Å². The number of hydrogen-bond acceptors (Lipinski definition) is 3. The average Bonchev–Trinajstić information content (AvgIpc) is 2.14. The summed E-state index contributed by atoms with van der Waals surface area (Å²) in [6.45, 7) is 3.49. The third kappa shape index (κ3) is 0.992. The normalized spacial score (nSPS) is 38.2. The number of ether oxygens (including phenoxy) is 1. The van der Waals surface area contributed by atoms with Crippen molar-refractivity contribution in [1.29, 1.82) is 0 Å². The van der Waals surface area contributed by atoms with Gasteiger partial charge in [0.05, 0.1) is 13.2 Å². The Morgan fingerprint density at radius 3 is 2.62 bits per heavy atom. The molecule has 0 bridgehead atoms. The molecule has 1 rings (SSSR count). The van der Waals surface area contributed by atoms with Gasteiger partial charge in [-0.1, -0.05) is 6.92 Å². The summed E-state index contributed by atoms with van der Waals surface area (Å²) in [6.07, 6.45) is 0.120. The van der Waals surface area contributed by atoms with E-state index in [0.29, 0.717) is 12.5 Å². The maximum absolute atomic E-state index is 5.06. The molecule has 1 heterocycles. The summed E-state index contributed by atoms with van der Waals surface area (Å²) in [5.74, 6) is 5.40. The van der Waals surface area contributed by atoms with Gasteiger partial charge in [0.25, 0.3) is 0 Å². The lowest BCUT2D eigenvalue weighted by molar-refractivity contribution is 0.0284. The molecule has 2 unspecified atom stereocenters. The molecule has 1 aliphatic rings. The van der Waals surface area contributed by atoms with Crippen LogP contribution in [0.5, 0.6) is 0 Å². The van der Waals surface area contributed by atoms with E-state index >= 15 is 0 Å². The van der Waals surface area contributed by atoms with Crippen molar-refractivity contribution in [3.05, 3.63) is 0 Å². The molecule has 0 amide bonds.